The molecular weight excluding hydrogens is 318 g/mol. The van der Waals surface area contributed by atoms with Gasteiger partial charge in [0.15, 0.2) is 6.29 Å². The normalized spacial score (nSPS) is 38.2. The van der Waals surface area contributed by atoms with E-state index in [4.69, 9.17) is 9.47 Å². The van der Waals surface area contributed by atoms with Crippen LogP contribution in [0, 0.1) is 5.92 Å². The molecule has 7 atom stereocenters. The van der Waals surface area contributed by atoms with E-state index in [2.05, 4.69) is 5.32 Å². The Bertz CT molecular complexity index is 402. The second kappa shape index (κ2) is 9.19. The van der Waals surface area contributed by atoms with E-state index >= 15 is 0 Å². The molecule has 0 amide bonds. The summed E-state index contributed by atoms with van der Waals surface area (Å²) in [5.41, 5.74) is 0. The number of aliphatic hydroxyl groups is 4. The van der Waals surface area contributed by atoms with Crippen molar-refractivity contribution in [2.45, 2.75) is 69.4 Å². The molecule has 8 heteroatoms. The lowest BCUT2D eigenvalue weighted by molar-refractivity contribution is -0.289. The van der Waals surface area contributed by atoms with Crippen molar-refractivity contribution in [3.8, 4) is 0 Å². The molecule has 0 spiro atoms. The minimum atomic E-state index is -1.56. The van der Waals surface area contributed by atoms with Gasteiger partial charge in [-0.25, -0.2) is 0 Å². The van der Waals surface area contributed by atoms with Crippen molar-refractivity contribution >= 4 is 5.78 Å². The minimum absolute atomic E-state index is 0.0334. The fourth-order valence-corrected chi connectivity index (χ4v) is 3.13. The standard InChI is InChI=1S/C16H29NO7/c1-2-9(6-11(18)10-4-3-5-17-10)7-23-8-12-13(19)14(20)15(21)16(22)24-12/h9-10,12-17,19-22H,2-8H2,1H3/t9-,10-,12-,13-,14+,15-,16-/m0/s1. The van der Waals surface area contributed by atoms with Crippen molar-refractivity contribution in [3.63, 3.8) is 0 Å². The fraction of sp³-hybridized carbons (Fsp3) is 0.938. The van der Waals surface area contributed by atoms with E-state index in [9.17, 15) is 25.2 Å². The van der Waals surface area contributed by atoms with Crippen molar-refractivity contribution in [2.24, 2.45) is 5.92 Å². The summed E-state index contributed by atoms with van der Waals surface area (Å²) in [7, 11) is 0. The predicted molar refractivity (Wildman–Crippen MR) is 84.1 cm³/mol. The molecule has 2 aliphatic rings. The molecule has 2 aliphatic heterocycles. The van der Waals surface area contributed by atoms with Gasteiger partial charge in [0.25, 0.3) is 0 Å². The predicted octanol–water partition coefficient (Wildman–Crippen LogP) is -1.46. The number of carbonyl (C=O) groups is 1. The zero-order valence-corrected chi connectivity index (χ0v) is 14.0. The van der Waals surface area contributed by atoms with E-state index in [-0.39, 0.29) is 24.3 Å². The largest absolute Gasteiger partial charge is 0.387 e. The van der Waals surface area contributed by atoms with Crippen LogP contribution in [0.25, 0.3) is 0 Å². The summed E-state index contributed by atoms with van der Waals surface area (Å²) in [6.07, 6.45) is -3.73. The smallest absolute Gasteiger partial charge is 0.184 e. The summed E-state index contributed by atoms with van der Waals surface area (Å²) in [6, 6.07) is -0.0469. The molecule has 0 bridgehead atoms. The maximum atomic E-state index is 12.2. The second-order valence-electron chi connectivity index (χ2n) is 6.67. The number of rotatable bonds is 8. The third-order valence-electron chi connectivity index (χ3n) is 4.84. The topological polar surface area (TPSA) is 128 Å². The molecule has 5 N–H and O–H groups in total. The highest BCUT2D eigenvalue weighted by atomic mass is 16.6. The first-order valence-corrected chi connectivity index (χ1v) is 8.65. The fourth-order valence-electron chi connectivity index (χ4n) is 3.13. The van der Waals surface area contributed by atoms with Crippen LogP contribution in [-0.4, -0.2) is 82.7 Å². The van der Waals surface area contributed by atoms with E-state index < -0.39 is 30.7 Å². The quantitative estimate of drug-likeness (QED) is 0.360. The van der Waals surface area contributed by atoms with E-state index in [1.165, 1.54) is 0 Å². The lowest BCUT2D eigenvalue weighted by atomic mass is 9.96. The Hall–Kier alpha value is -0.610. The third-order valence-corrected chi connectivity index (χ3v) is 4.84. The zero-order valence-electron chi connectivity index (χ0n) is 14.0. The van der Waals surface area contributed by atoms with Gasteiger partial charge in [0.05, 0.1) is 12.6 Å². The number of ketones is 1. The van der Waals surface area contributed by atoms with Crippen LogP contribution in [0.3, 0.4) is 0 Å². The summed E-state index contributed by atoms with van der Waals surface area (Å²) < 4.78 is 10.6. The number of carbonyl (C=O) groups excluding carboxylic acids is 1. The van der Waals surface area contributed by atoms with E-state index in [1.54, 1.807) is 0 Å². The van der Waals surface area contributed by atoms with E-state index in [1.807, 2.05) is 6.92 Å². The van der Waals surface area contributed by atoms with Crippen molar-refractivity contribution in [1.29, 1.82) is 0 Å². The summed E-state index contributed by atoms with van der Waals surface area (Å²) in [5, 5.41) is 41.6. The Morgan fingerprint density at radius 3 is 2.62 bits per heavy atom. The van der Waals surface area contributed by atoms with Gasteiger partial charge < -0.3 is 35.2 Å². The monoisotopic (exact) mass is 347 g/mol. The third kappa shape index (κ3) is 4.95. The summed E-state index contributed by atoms with van der Waals surface area (Å²) in [5.74, 6) is 0.270. The molecule has 140 valence electrons. The van der Waals surface area contributed by atoms with Crippen LogP contribution in [0.5, 0.6) is 0 Å². The number of aliphatic hydroxyl groups excluding tert-OH is 4. The van der Waals surface area contributed by atoms with Crippen molar-refractivity contribution in [1.82, 2.24) is 5.32 Å². The van der Waals surface area contributed by atoms with Crippen LogP contribution in [0.15, 0.2) is 0 Å². The molecule has 2 heterocycles. The Morgan fingerprint density at radius 1 is 1.25 bits per heavy atom. The number of nitrogens with one attached hydrogen (secondary N) is 1. The number of hydrogen-bond acceptors (Lipinski definition) is 8. The maximum absolute atomic E-state index is 12.2. The molecule has 2 rings (SSSR count). The van der Waals surface area contributed by atoms with Crippen LogP contribution >= 0.6 is 0 Å². The molecule has 0 aromatic heterocycles. The van der Waals surface area contributed by atoms with Gasteiger partial charge in [-0.3, -0.25) is 4.79 Å². The molecule has 2 fully saturated rings. The number of hydrogen-bond donors (Lipinski definition) is 5. The van der Waals surface area contributed by atoms with Crippen LogP contribution in [-0.2, 0) is 14.3 Å². The van der Waals surface area contributed by atoms with Crippen LogP contribution < -0.4 is 5.32 Å². The SMILES string of the molecule is CC[C@H](COC[C@@H]1O[C@H](O)[C@@H](O)[C@H](O)[C@H]1O)CC(=O)[C@@H]1CCCN1. The van der Waals surface area contributed by atoms with Gasteiger partial charge in [0.2, 0.25) is 0 Å². The number of Topliss-reactive ketones (excluding diaryl/α,β-unsaturated/α-hetero) is 1. The van der Waals surface area contributed by atoms with Gasteiger partial charge in [-0.05, 0) is 25.3 Å². The molecule has 8 nitrogen and oxygen atoms in total. The Morgan fingerprint density at radius 2 is 2.00 bits per heavy atom. The molecule has 0 unspecified atom stereocenters. The minimum Gasteiger partial charge on any atom is -0.387 e. The zero-order chi connectivity index (χ0) is 17.7. The molecule has 0 aliphatic carbocycles. The molecule has 0 aromatic rings. The average Bonchev–Trinajstić information content (AvgIpc) is 3.11. The van der Waals surface area contributed by atoms with Gasteiger partial charge in [-0.15, -0.1) is 0 Å². The Labute approximate surface area is 141 Å². The summed E-state index contributed by atoms with van der Waals surface area (Å²) >= 11 is 0. The first-order valence-electron chi connectivity index (χ1n) is 8.65. The van der Waals surface area contributed by atoms with Crippen molar-refractivity contribution in [2.75, 3.05) is 19.8 Å². The van der Waals surface area contributed by atoms with Crippen molar-refractivity contribution in [3.05, 3.63) is 0 Å². The summed E-state index contributed by atoms with van der Waals surface area (Å²) in [6.45, 7) is 3.17. The van der Waals surface area contributed by atoms with Gasteiger partial charge in [-0.1, -0.05) is 13.3 Å². The van der Waals surface area contributed by atoms with Gasteiger partial charge in [-0.2, -0.15) is 0 Å². The van der Waals surface area contributed by atoms with Gasteiger partial charge in [0.1, 0.15) is 30.2 Å². The molecule has 0 radical (unpaired) electrons. The summed E-state index contributed by atoms with van der Waals surface area (Å²) in [4.78, 5) is 12.2. The van der Waals surface area contributed by atoms with Gasteiger partial charge >= 0.3 is 0 Å². The molecule has 24 heavy (non-hydrogen) atoms. The highest BCUT2D eigenvalue weighted by molar-refractivity contribution is 5.84. The van der Waals surface area contributed by atoms with Gasteiger partial charge in [0, 0.05) is 13.0 Å². The Balaban J connectivity index is 1.73. The van der Waals surface area contributed by atoms with Crippen LogP contribution in [0.1, 0.15) is 32.6 Å². The van der Waals surface area contributed by atoms with E-state index in [0.717, 1.165) is 25.8 Å². The van der Waals surface area contributed by atoms with Crippen molar-refractivity contribution < 1.29 is 34.7 Å². The Kier molecular flexibility index (Phi) is 7.55. The lowest BCUT2D eigenvalue weighted by Crippen LogP contribution is -2.58. The first-order chi connectivity index (χ1) is 11.4. The molecule has 2 saturated heterocycles. The second-order valence-corrected chi connectivity index (χ2v) is 6.67. The lowest BCUT2D eigenvalue weighted by Gasteiger charge is -2.38. The average molecular weight is 347 g/mol. The highest BCUT2D eigenvalue weighted by Crippen LogP contribution is 2.21. The molecule has 0 saturated carbocycles. The highest BCUT2D eigenvalue weighted by Gasteiger charge is 2.43. The van der Waals surface area contributed by atoms with E-state index in [0.29, 0.717) is 13.0 Å². The maximum Gasteiger partial charge on any atom is 0.184 e. The molecular formula is C16H29NO7. The van der Waals surface area contributed by atoms with Crippen LogP contribution in [0.2, 0.25) is 0 Å². The number of ether oxygens (including phenoxy) is 2. The molecule has 0 aromatic carbocycles. The van der Waals surface area contributed by atoms with Crippen LogP contribution in [0.4, 0.5) is 0 Å². The first kappa shape index (κ1) is 19.7.